The van der Waals surface area contributed by atoms with E-state index in [1.54, 1.807) is 0 Å². The van der Waals surface area contributed by atoms with Crippen molar-refractivity contribution in [2.75, 3.05) is 4.90 Å². The van der Waals surface area contributed by atoms with Crippen LogP contribution in [0, 0.1) is 0 Å². The molecule has 3 heterocycles. The number of aromatic nitrogens is 1. The number of furan rings is 1. The Morgan fingerprint density at radius 1 is 0.333 bits per heavy atom. The fourth-order valence-electron chi connectivity index (χ4n) is 9.20. The molecule has 0 atom stereocenters. The first-order valence-corrected chi connectivity index (χ1v) is 19.5. The molecule has 12 rings (SSSR count). The number of hydrogen-bond acceptors (Lipinski definition) is 2. The van der Waals surface area contributed by atoms with Crippen LogP contribution in [0.1, 0.15) is 0 Å². The van der Waals surface area contributed by atoms with Gasteiger partial charge >= 0.3 is 0 Å². The van der Waals surface area contributed by atoms with Gasteiger partial charge < -0.3 is 13.9 Å². The van der Waals surface area contributed by atoms with Crippen LogP contribution >= 0.6 is 0 Å². The minimum atomic E-state index is 0.898. The summed E-state index contributed by atoms with van der Waals surface area (Å²) < 4.78 is 9.62. The molecule has 3 nitrogen and oxygen atoms in total. The van der Waals surface area contributed by atoms with Crippen molar-refractivity contribution in [3.8, 4) is 50.2 Å². The molecule has 0 fully saturated rings. The lowest BCUT2D eigenvalue weighted by molar-refractivity contribution is 0.671. The highest BCUT2D eigenvalue weighted by Gasteiger charge is 2.28. The molecule has 0 bridgehead atoms. The zero-order chi connectivity index (χ0) is 37.5. The normalized spacial score (nSPS) is 11.9. The molecule has 3 heteroatoms. The average molecular weight is 727 g/mol. The minimum absolute atomic E-state index is 0.898. The van der Waals surface area contributed by atoms with E-state index in [9.17, 15) is 0 Å². The van der Waals surface area contributed by atoms with E-state index in [0.29, 0.717) is 0 Å². The van der Waals surface area contributed by atoms with E-state index in [2.05, 4.69) is 216 Å². The van der Waals surface area contributed by atoms with Gasteiger partial charge in [0.2, 0.25) is 0 Å². The summed E-state index contributed by atoms with van der Waals surface area (Å²) >= 11 is 0. The van der Waals surface area contributed by atoms with Gasteiger partial charge in [-0.1, -0.05) is 152 Å². The lowest BCUT2D eigenvalue weighted by Crippen LogP contribution is -2.09. The SMILES string of the molecule is c1ccc(-c2ccc(N(c3ccccc3)c3ccc(-c4cccc5c4oc4c6c(ccc45)-c4ccccc4-n4c5ccccc5c5cccc-6c54)cc3)cc2)cc1. The third-order valence-corrected chi connectivity index (χ3v) is 11.7. The van der Waals surface area contributed by atoms with Crippen molar-refractivity contribution in [1.82, 2.24) is 4.57 Å². The van der Waals surface area contributed by atoms with Gasteiger partial charge in [-0.25, -0.2) is 0 Å². The predicted molar refractivity (Wildman–Crippen MR) is 238 cm³/mol. The third kappa shape index (κ3) is 4.79. The van der Waals surface area contributed by atoms with Gasteiger partial charge in [0, 0.05) is 60.9 Å². The molecule has 57 heavy (non-hydrogen) atoms. The van der Waals surface area contributed by atoms with E-state index in [1.165, 1.54) is 55.3 Å². The highest BCUT2D eigenvalue weighted by molar-refractivity contribution is 6.22. The maximum atomic E-state index is 7.17. The molecule has 0 spiro atoms. The molecule has 266 valence electrons. The Morgan fingerprint density at radius 2 is 0.895 bits per heavy atom. The van der Waals surface area contributed by atoms with Crippen LogP contribution < -0.4 is 4.90 Å². The topological polar surface area (TPSA) is 21.3 Å². The largest absolute Gasteiger partial charge is 0.455 e. The first-order chi connectivity index (χ1) is 28.3. The van der Waals surface area contributed by atoms with Crippen LogP contribution in [-0.2, 0) is 0 Å². The quantitative estimate of drug-likeness (QED) is 0.176. The Bertz CT molecular complexity index is 3320. The molecular formula is C54H34N2O. The summed E-state index contributed by atoms with van der Waals surface area (Å²) in [5, 5.41) is 4.74. The van der Waals surface area contributed by atoms with Crippen molar-refractivity contribution in [2.24, 2.45) is 0 Å². The van der Waals surface area contributed by atoms with Crippen LogP contribution in [0.15, 0.2) is 211 Å². The van der Waals surface area contributed by atoms with E-state index in [1.807, 2.05) is 0 Å². The summed E-state index contributed by atoms with van der Waals surface area (Å²) in [5.41, 5.74) is 18.0. The van der Waals surface area contributed by atoms with Crippen molar-refractivity contribution in [3.63, 3.8) is 0 Å². The first kappa shape index (κ1) is 31.7. The highest BCUT2D eigenvalue weighted by atomic mass is 16.3. The van der Waals surface area contributed by atoms with Crippen molar-refractivity contribution < 1.29 is 4.42 Å². The Hall–Kier alpha value is -7.62. The zero-order valence-electron chi connectivity index (χ0n) is 30.9. The molecular weight excluding hydrogens is 693 g/mol. The fourth-order valence-corrected chi connectivity index (χ4v) is 9.20. The Morgan fingerprint density at radius 3 is 1.68 bits per heavy atom. The van der Waals surface area contributed by atoms with Crippen LogP contribution in [0.5, 0.6) is 0 Å². The van der Waals surface area contributed by atoms with Crippen LogP contribution in [-0.4, -0.2) is 4.57 Å². The molecule has 0 aliphatic carbocycles. The fraction of sp³-hybridized carbons (Fsp3) is 0. The Kier molecular flexibility index (Phi) is 6.93. The molecule has 0 saturated heterocycles. The number of nitrogens with zero attached hydrogens (tertiary/aromatic N) is 2. The van der Waals surface area contributed by atoms with E-state index in [0.717, 1.165) is 55.7 Å². The van der Waals surface area contributed by atoms with Gasteiger partial charge in [-0.05, 0) is 76.9 Å². The molecule has 0 N–H and O–H groups in total. The number of anilines is 3. The predicted octanol–water partition coefficient (Wildman–Crippen LogP) is 15.1. The van der Waals surface area contributed by atoms with Crippen LogP contribution in [0.25, 0.3) is 93.9 Å². The average Bonchev–Trinajstić information content (AvgIpc) is 3.80. The van der Waals surface area contributed by atoms with E-state index < -0.39 is 0 Å². The van der Waals surface area contributed by atoms with Crippen molar-refractivity contribution in [2.45, 2.75) is 0 Å². The molecule has 0 amide bonds. The summed E-state index contributed by atoms with van der Waals surface area (Å²) in [6, 6.07) is 74.2. The molecule has 1 aliphatic heterocycles. The van der Waals surface area contributed by atoms with Crippen LogP contribution in [0.3, 0.4) is 0 Å². The highest BCUT2D eigenvalue weighted by Crippen LogP contribution is 2.51. The van der Waals surface area contributed by atoms with Crippen LogP contribution in [0.4, 0.5) is 17.1 Å². The van der Waals surface area contributed by atoms with Gasteiger partial charge in [0.15, 0.2) is 0 Å². The second kappa shape index (κ2) is 12.5. The molecule has 11 aromatic rings. The van der Waals surface area contributed by atoms with Gasteiger partial charge in [-0.15, -0.1) is 0 Å². The zero-order valence-corrected chi connectivity index (χ0v) is 30.9. The van der Waals surface area contributed by atoms with Crippen molar-refractivity contribution in [1.29, 1.82) is 0 Å². The second-order valence-electron chi connectivity index (χ2n) is 14.9. The Labute approximate surface area is 329 Å². The molecule has 9 aromatic carbocycles. The lowest BCUT2D eigenvalue weighted by atomic mass is 9.91. The first-order valence-electron chi connectivity index (χ1n) is 19.5. The summed E-state index contributed by atoms with van der Waals surface area (Å²) in [7, 11) is 0. The van der Waals surface area contributed by atoms with E-state index >= 15 is 0 Å². The molecule has 2 aromatic heterocycles. The third-order valence-electron chi connectivity index (χ3n) is 11.7. The minimum Gasteiger partial charge on any atom is -0.455 e. The summed E-state index contributed by atoms with van der Waals surface area (Å²) in [6.07, 6.45) is 0. The van der Waals surface area contributed by atoms with Crippen molar-refractivity contribution >= 4 is 60.8 Å². The number of benzene rings is 9. The molecule has 1 aliphatic rings. The number of rotatable bonds is 5. The maximum absolute atomic E-state index is 7.17. The molecule has 0 unspecified atom stereocenters. The summed E-state index contributed by atoms with van der Waals surface area (Å²) in [5.74, 6) is 0. The van der Waals surface area contributed by atoms with E-state index in [-0.39, 0.29) is 0 Å². The van der Waals surface area contributed by atoms with Gasteiger partial charge in [0.25, 0.3) is 0 Å². The number of para-hydroxylation sites is 5. The Balaban J connectivity index is 1.01. The van der Waals surface area contributed by atoms with Gasteiger partial charge in [-0.3, -0.25) is 0 Å². The van der Waals surface area contributed by atoms with Gasteiger partial charge in [-0.2, -0.15) is 0 Å². The molecule has 0 radical (unpaired) electrons. The second-order valence-corrected chi connectivity index (χ2v) is 14.9. The number of hydrogen-bond donors (Lipinski definition) is 0. The standard InChI is InChI=1S/C54H34N2O/c1-3-13-35(14-4-1)36-25-29-39(30-26-36)55(38-15-5-2-6-16-38)40-31-27-37(28-32-40)41-19-11-21-46-47-34-33-44-42-17-7-9-23-49(42)56-50-24-10-8-18-43(50)45-20-12-22-48(52(45)56)51(44)54(47)57-53(41)46/h1-34H. The van der Waals surface area contributed by atoms with E-state index in [4.69, 9.17) is 4.42 Å². The lowest BCUT2D eigenvalue weighted by Gasteiger charge is -2.26. The smallest absolute Gasteiger partial charge is 0.143 e. The van der Waals surface area contributed by atoms with Crippen molar-refractivity contribution in [3.05, 3.63) is 206 Å². The van der Waals surface area contributed by atoms with Crippen LogP contribution in [0.2, 0.25) is 0 Å². The summed E-state index contributed by atoms with van der Waals surface area (Å²) in [4.78, 5) is 2.31. The number of fused-ring (bicyclic) bond motifs is 12. The maximum Gasteiger partial charge on any atom is 0.143 e. The molecule has 0 saturated carbocycles. The monoisotopic (exact) mass is 726 g/mol. The van der Waals surface area contributed by atoms with Gasteiger partial charge in [0.05, 0.1) is 16.7 Å². The summed E-state index contributed by atoms with van der Waals surface area (Å²) in [6.45, 7) is 0. The van der Waals surface area contributed by atoms with Gasteiger partial charge in [0.1, 0.15) is 11.2 Å².